The Bertz CT molecular complexity index is 858. The number of Topliss-reactive ketones (excluding diaryl/α,β-unsaturated/α-hetero) is 1. The molecule has 6 unspecified atom stereocenters. The summed E-state index contributed by atoms with van der Waals surface area (Å²) in [6, 6.07) is 13.4. The Kier molecular flexibility index (Phi) is 8.21. The number of hydrogen-bond donors (Lipinski definition) is 6. The molecule has 34 heavy (non-hydrogen) atoms. The van der Waals surface area contributed by atoms with Gasteiger partial charge in [-0.25, -0.2) is 0 Å². The maximum atomic E-state index is 14.1. The lowest BCUT2D eigenvalue weighted by atomic mass is 9.83. The molecule has 6 atom stereocenters. The minimum Gasteiger partial charge on any atom is -0.508 e. The molecule has 184 valence electrons. The van der Waals surface area contributed by atoms with E-state index in [2.05, 4.69) is 10.6 Å². The lowest BCUT2D eigenvalue weighted by Gasteiger charge is -2.27. The van der Waals surface area contributed by atoms with Crippen molar-refractivity contribution in [2.75, 3.05) is 13.1 Å². The van der Waals surface area contributed by atoms with E-state index in [1.807, 2.05) is 0 Å². The van der Waals surface area contributed by atoms with Gasteiger partial charge in [0.15, 0.2) is 0 Å². The zero-order valence-corrected chi connectivity index (χ0v) is 19.4. The highest BCUT2D eigenvalue weighted by Crippen LogP contribution is 2.30. The molecule has 0 saturated heterocycles. The molecule has 0 aliphatic heterocycles. The summed E-state index contributed by atoms with van der Waals surface area (Å²) in [5, 5.41) is 46.9. The molecule has 7 nitrogen and oxygen atoms in total. The molecular formula is C27H36N2O5. The smallest absolute Gasteiger partial charge is 0.150 e. The summed E-state index contributed by atoms with van der Waals surface area (Å²) in [5.41, 5.74) is 1.60. The van der Waals surface area contributed by atoms with Gasteiger partial charge < -0.3 is 31.1 Å². The third-order valence-corrected chi connectivity index (χ3v) is 7.41. The van der Waals surface area contributed by atoms with E-state index in [-0.39, 0.29) is 29.4 Å². The molecule has 2 aromatic carbocycles. The standard InChI is InChI=1S/C27H36N2O5/c30-19-11-7-17(8-12-19)21(15-28-23-3-1-5-25(23)32)27(34)22(18-9-13-20(31)14-10-18)16-29-24-4-2-6-26(24)33/h7-14,21-26,28-33H,1-6,15-16H2. The van der Waals surface area contributed by atoms with E-state index in [1.54, 1.807) is 48.5 Å². The van der Waals surface area contributed by atoms with Crippen LogP contribution in [-0.4, -0.2) is 63.6 Å². The Hall–Kier alpha value is -2.45. The highest BCUT2D eigenvalue weighted by molar-refractivity contribution is 5.92. The second kappa shape index (κ2) is 11.3. The molecule has 2 aliphatic carbocycles. The maximum absolute atomic E-state index is 14.1. The van der Waals surface area contributed by atoms with Gasteiger partial charge in [0.2, 0.25) is 0 Å². The number of phenolic OH excluding ortho intramolecular Hbond substituents is 2. The molecule has 0 heterocycles. The first-order valence-electron chi connectivity index (χ1n) is 12.4. The van der Waals surface area contributed by atoms with Gasteiger partial charge in [-0.2, -0.15) is 0 Å². The number of carbonyl (C=O) groups is 1. The number of carbonyl (C=O) groups excluding carboxylic acids is 1. The normalized spacial score (nSPS) is 26.4. The third-order valence-electron chi connectivity index (χ3n) is 7.41. The summed E-state index contributed by atoms with van der Waals surface area (Å²) in [6.07, 6.45) is 4.38. The van der Waals surface area contributed by atoms with Crippen LogP contribution in [0.3, 0.4) is 0 Å². The zero-order chi connectivity index (χ0) is 24.1. The van der Waals surface area contributed by atoms with Crippen LogP contribution in [0.15, 0.2) is 48.5 Å². The van der Waals surface area contributed by atoms with Gasteiger partial charge in [0.1, 0.15) is 17.3 Å². The van der Waals surface area contributed by atoms with E-state index in [9.17, 15) is 25.2 Å². The fourth-order valence-electron chi connectivity index (χ4n) is 5.32. The van der Waals surface area contributed by atoms with E-state index < -0.39 is 24.0 Å². The number of aliphatic hydroxyl groups is 2. The number of rotatable bonds is 10. The number of ketones is 1. The SMILES string of the molecule is O=C(C(CNC1CCCC1O)c1ccc(O)cc1)C(CNC1CCCC1O)c1ccc(O)cc1. The average molecular weight is 469 g/mol. The number of phenols is 2. The zero-order valence-electron chi connectivity index (χ0n) is 19.4. The van der Waals surface area contributed by atoms with Crippen LogP contribution in [-0.2, 0) is 4.79 Å². The van der Waals surface area contributed by atoms with Crippen LogP contribution in [0.4, 0.5) is 0 Å². The molecule has 2 saturated carbocycles. The van der Waals surface area contributed by atoms with Crippen molar-refractivity contribution in [3.63, 3.8) is 0 Å². The van der Waals surface area contributed by atoms with Gasteiger partial charge in [-0.15, -0.1) is 0 Å². The van der Waals surface area contributed by atoms with Gasteiger partial charge >= 0.3 is 0 Å². The Morgan fingerprint density at radius 3 is 1.41 bits per heavy atom. The molecule has 2 fully saturated rings. The molecular weight excluding hydrogens is 432 g/mol. The number of nitrogens with one attached hydrogen (secondary N) is 2. The van der Waals surface area contributed by atoms with Crippen molar-refractivity contribution >= 4 is 5.78 Å². The predicted octanol–water partition coefficient (Wildman–Crippen LogP) is 2.54. The monoisotopic (exact) mass is 468 g/mol. The number of benzene rings is 2. The fraction of sp³-hybridized carbons (Fsp3) is 0.519. The lowest BCUT2D eigenvalue weighted by molar-refractivity contribution is -0.122. The molecule has 0 bridgehead atoms. The fourth-order valence-corrected chi connectivity index (χ4v) is 5.32. The van der Waals surface area contributed by atoms with Crippen LogP contribution in [0.25, 0.3) is 0 Å². The van der Waals surface area contributed by atoms with Crippen LogP contribution in [0, 0.1) is 0 Å². The molecule has 2 aliphatic rings. The van der Waals surface area contributed by atoms with Crippen molar-refractivity contribution in [1.29, 1.82) is 0 Å². The molecule has 0 spiro atoms. The van der Waals surface area contributed by atoms with Crippen LogP contribution in [0.5, 0.6) is 11.5 Å². The van der Waals surface area contributed by atoms with Crippen molar-refractivity contribution in [3.05, 3.63) is 59.7 Å². The van der Waals surface area contributed by atoms with Crippen LogP contribution in [0.2, 0.25) is 0 Å². The van der Waals surface area contributed by atoms with Gasteiger partial charge in [0, 0.05) is 25.2 Å². The molecule has 6 N–H and O–H groups in total. The highest BCUT2D eigenvalue weighted by atomic mass is 16.3. The van der Waals surface area contributed by atoms with Crippen molar-refractivity contribution in [1.82, 2.24) is 10.6 Å². The van der Waals surface area contributed by atoms with Crippen molar-refractivity contribution in [2.45, 2.75) is 74.7 Å². The van der Waals surface area contributed by atoms with Gasteiger partial charge in [-0.1, -0.05) is 24.3 Å². The summed E-state index contributed by atoms with van der Waals surface area (Å²) in [7, 11) is 0. The minimum atomic E-state index is -0.484. The largest absolute Gasteiger partial charge is 0.508 e. The van der Waals surface area contributed by atoms with E-state index in [1.165, 1.54) is 0 Å². The summed E-state index contributed by atoms with van der Waals surface area (Å²) in [5.74, 6) is -0.677. The topological polar surface area (TPSA) is 122 Å². The maximum Gasteiger partial charge on any atom is 0.150 e. The molecule has 2 aromatic rings. The van der Waals surface area contributed by atoms with Crippen LogP contribution < -0.4 is 10.6 Å². The van der Waals surface area contributed by atoms with E-state index in [0.717, 1.165) is 49.7 Å². The first-order valence-corrected chi connectivity index (χ1v) is 12.4. The number of aromatic hydroxyl groups is 2. The molecule has 4 rings (SSSR count). The molecule has 0 radical (unpaired) electrons. The minimum absolute atomic E-state index is 0.0105. The van der Waals surface area contributed by atoms with Gasteiger partial charge in [-0.05, 0) is 73.9 Å². The quantitative estimate of drug-likeness (QED) is 0.317. The first kappa shape index (κ1) is 24.7. The van der Waals surface area contributed by atoms with E-state index >= 15 is 0 Å². The van der Waals surface area contributed by atoms with Gasteiger partial charge in [0.25, 0.3) is 0 Å². The average Bonchev–Trinajstić information content (AvgIpc) is 3.44. The number of aliphatic hydroxyl groups excluding tert-OH is 2. The van der Waals surface area contributed by atoms with Gasteiger partial charge in [0.05, 0.1) is 24.0 Å². The van der Waals surface area contributed by atoms with Crippen LogP contribution >= 0.6 is 0 Å². The third kappa shape index (κ3) is 5.96. The summed E-state index contributed by atoms with van der Waals surface area (Å²) in [4.78, 5) is 14.1. The van der Waals surface area contributed by atoms with E-state index in [4.69, 9.17) is 0 Å². The van der Waals surface area contributed by atoms with Gasteiger partial charge in [-0.3, -0.25) is 4.79 Å². The van der Waals surface area contributed by atoms with Crippen molar-refractivity contribution < 1.29 is 25.2 Å². The van der Waals surface area contributed by atoms with Crippen LogP contribution in [0.1, 0.15) is 61.5 Å². The summed E-state index contributed by atoms with van der Waals surface area (Å²) >= 11 is 0. The molecule has 0 aromatic heterocycles. The van der Waals surface area contributed by atoms with Crippen molar-refractivity contribution in [3.8, 4) is 11.5 Å². The lowest BCUT2D eigenvalue weighted by Crippen LogP contribution is -2.43. The summed E-state index contributed by atoms with van der Waals surface area (Å²) < 4.78 is 0. The summed E-state index contributed by atoms with van der Waals surface area (Å²) in [6.45, 7) is 0.762. The molecule has 7 heteroatoms. The molecule has 0 amide bonds. The van der Waals surface area contributed by atoms with Crippen molar-refractivity contribution in [2.24, 2.45) is 0 Å². The first-order chi connectivity index (χ1) is 16.4. The second-order valence-electron chi connectivity index (χ2n) is 9.72. The highest BCUT2D eigenvalue weighted by Gasteiger charge is 2.33. The Morgan fingerprint density at radius 1 is 0.706 bits per heavy atom. The predicted molar refractivity (Wildman–Crippen MR) is 130 cm³/mol. The second-order valence-corrected chi connectivity index (χ2v) is 9.72. The Labute approximate surface area is 200 Å². The number of hydrogen-bond acceptors (Lipinski definition) is 7. The van der Waals surface area contributed by atoms with E-state index in [0.29, 0.717) is 13.1 Å². The Morgan fingerprint density at radius 2 is 1.09 bits per heavy atom. The Balaban J connectivity index is 1.58.